The molecule has 0 atom stereocenters. The van der Waals surface area contributed by atoms with Gasteiger partial charge in [-0.3, -0.25) is 0 Å². The van der Waals surface area contributed by atoms with Gasteiger partial charge in [0.2, 0.25) is 5.82 Å². The van der Waals surface area contributed by atoms with E-state index in [1.54, 1.807) is 13.0 Å². The van der Waals surface area contributed by atoms with Crippen LogP contribution in [0.2, 0.25) is 0 Å². The maximum atomic E-state index is 14.2. The largest absolute Gasteiger partial charge is 0.250 e. The van der Waals surface area contributed by atoms with Gasteiger partial charge in [-0.1, -0.05) is 19.9 Å². The molecule has 2 aromatic rings. The molecule has 0 aliphatic heterocycles. The Morgan fingerprint density at radius 2 is 1.96 bits per heavy atom. The molecule has 0 spiro atoms. The van der Waals surface area contributed by atoms with Crippen molar-refractivity contribution < 1.29 is 8.78 Å². The van der Waals surface area contributed by atoms with Crippen LogP contribution in [0.25, 0.3) is 17.2 Å². The molecule has 0 N–H and O–H groups in total. The number of halogens is 2. The summed E-state index contributed by atoms with van der Waals surface area (Å²) in [5.41, 5.74) is 1.18. The van der Waals surface area contributed by atoms with E-state index in [1.807, 2.05) is 19.9 Å². The van der Waals surface area contributed by atoms with E-state index < -0.39 is 11.6 Å². The van der Waals surface area contributed by atoms with Gasteiger partial charge >= 0.3 is 0 Å². The lowest BCUT2D eigenvalue weighted by Crippen LogP contribution is -2.06. The van der Waals surface area contributed by atoms with Crippen molar-refractivity contribution in [1.29, 1.82) is 5.26 Å². The summed E-state index contributed by atoms with van der Waals surface area (Å²) >= 11 is 0. The molecule has 0 unspecified atom stereocenters. The summed E-state index contributed by atoms with van der Waals surface area (Å²) in [4.78, 5) is 5.03. The molecule has 26 heavy (non-hydrogen) atoms. The lowest BCUT2D eigenvalue weighted by atomic mass is 10.0. The number of nitrogens with zero attached hydrogens (tertiary/aromatic N) is 6. The first kappa shape index (κ1) is 19.1. The molecule has 0 aromatic carbocycles. The van der Waals surface area contributed by atoms with Gasteiger partial charge in [0, 0.05) is 30.2 Å². The molecule has 2 heterocycles. The first-order valence-corrected chi connectivity index (χ1v) is 8.16. The van der Waals surface area contributed by atoms with Crippen LogP contribution in [0.1, 0.15) is 33.6 Å². The van der Waals surface area contributed by atoms with Crippen LogP contribution in [0.4, 0.5) is 8.78 Å². The number of nitriles is 1. The lowest BCUT2D eigenvalue weighted by molar-refractivity contribution is 0.623. The fraction of sp³-hybridized carbons (Fsp3) is 0.278. The first-order valence-electron chi connectivity index (χ1n) is 8.16. The highest BCUT2D eigenvalue weighted by Crippen LogP contribution is 2.26. The summed E-state index contributed by atoms with van der Waals surface area (Å²) in [6.07, 6.45) is 4.94. The Bertz CT molecular complexity index is 918. The maximum Gasteiger partial charge on any atom is 0.226 e. The zero-order valence-electron chi connectivity index (χ0n) is 14.7. The molecule has 0 saturated carbocycles. The van der Waals surface area contributed by atoms with Gasteiger partial charge in [-0.2, -0.15) is 5.26 Å². The second-order valence-corrected chi connectivity index (χ2v) is 5.11. The van der Waals surface area contributed by atoms with E-state index in [-0.39, 0.29) is 24.4 Å². The van der Waals surface area contributed by atoms with Crippen LogP contribution in [0.5, 0.6) is 0 Å². The van der Waals surface area contributed by atoms with E-state index in [4.69, 9.17) is 5.26 Å². The zero-order valence-corrected chi connectivity index (χ0v) is 14.7. The van der Waals surface area contributed by atoms with Gasteiger partial charge < -0.3 is 0 Å². The Morgan fingerprint density at radius 3 is 2.65 bits per heavy atom. The molecule has 2 aromatic heterocycles. The van der Waals surface area contributed by atoms with Gasteiger partial charge in [0.1, 0.15) is 11.5 Å². The molecule has 1 aliphatic carbocycles. The number of pyridine rings is 1. The van der Waals surface area contributed by atoms with Crippen LogP contribution in [-0.4, -0.2) is 25.2 Å². The van der Waals surface area contributed by atoms with Crippen molar-refractivity contribution in [3.63, 3.8) is 0 Å². The van der Waals surface area contributed by atoms with Crippen molar-refractivity contribution in [3.8, 4) is 17.6 Å². The molecule has 8 heteroatoms. The molecule has 0 bridgehead atoms. The Kier molecular flexibility index (Phi) is 6.44. The number of hydrogen-bond donors (Lipinski definition) is 0. The number of allylic oxidation sites excluding steroid dienone is 6. The predicted octanol–water partition coefficient (Wildman–Crippen LogP) is 4.23. The number of hydrogen-bond acceptors (Lipinski definition) is 5. The van der Waals surface area contributed by atoms with E-state index in [2.05, 4.69) is 20.4 Å². The second-order valence-electron chi connectivity index (χ2n) is 5.11. The summed E-state index contributed by atoms with van der Waals surface area (Å²) in [6.45, 7) is 5.59. The zero-order chi connectivity index (χ0) is 19.1. The number of rotatable bonds is 2. The topological polar surface area (TPSA) is 80.3 Å². The van der Waals surface area contributed by atoms with Crippen molar-refractivity contribution in [1.82, 2.24) is 25.2 Å². The molecule has 6 nitrogen and oxygen atoms in total. The Hall–Kier alpha value is -3.21. The summed E-state index contributed by atoms with van der Waals surface area (Å²) in [6, 6.07) is 4.72. The Labute approximate surface area is 150 Å². The molecular formula is C18H18F2N6. The van der Waals surface area contributed by atoms with Crippen molar-refractivity contribution in [3.05, 3.63) is 53.3 Å². The normalized spacial score (nSPS) is 19.1. The van der Waals surface area contributed by atoms with Gasteiger partial charge in [-0.25, -0.2) is 13.8 Å². The van der Waals surface area contributed by atoms with E-state index in [0.717, 1.165) is 4.80 Å². The highest BCUT2D eigenvalue weighted by Gasteiger charge is 2.17. The van der Waals surface area contributed by atoms with E-state index >= 15 is 0 Å². The van der Waals surface area contributed by atoms with Crippen LogP contribution in [-0.2, 0) is 0 Å². The molecule has 3 rings (SSSR count). The first-order chi connectivity index (χ1) is 12.6. The summed E-state index contributed by atoms with van der Waals surface area (Å²) < 4.78 is 27.9. The minimum atomic E-state index is -0.571. The third-order valence-electron chi connectivity index (χ3n) is 3.60. The standard InChI is InChI=1S/C16H12F2N6.C2H6/c1-10-12(17)6-4-11(9-19)5-7-14(10)24-22-16(21-23-24)15-13(18)3-2-8-20-15;1-2/h2-3,5-6,8H,4,7H2,1H3;1-2H3/b11-5+,12-6?,14-10+;. The monoisotopic (exact) mass is 356 g/mol. The van der Waals surface area contributed by atoms with Crippen molar-refractivity contribution in [2.24, 2.45) is 0 Å². The van der Waals surface area contributed by atoms with Crippen molar-refractivity contribution in [2.75, 3.05) is 0 Å². The van der Waals surface area contributed by atoms with Gasteiger partial charge in [0.25, 0.3) is 0 Å². The third kappa shape index (κ3) is 4.06. The summed E-state index contributed by atoms with van der Waals surface area (Å²) in [7, 11) is 0. The molecule has 1 aliphatic rings. The molecule has 0 fully saturated rings. The van der Waals surface area contributed by atoms with Gasteiger partial charge in [-0.15, -0.1) is 15.0 Å². The van der Waals surface area contributed by atoms with Gasteiger partial charge in [-0.05, 0) is 30.3 Å². The maximum absolute atomic E-state index is 14.2. The van der Waals surface area contributed by atoms with E-state index in [9.17, 15) is 8.78 Å². The minimum absolute atomic E-state index is 0.00401. The average Bonchev–Trinajstić information content (AvgIpc) is 3.14. The average molecular weight is 356 g/mol. The molecule has 0 saturated heterocycles. The van der Waals surface area contributed by atoms with Gasteiger partial charge in [0.05, 0.1) is 11.8 Å². The smallest absolute Gasteiger partial charge is 0.226 e. The van der Waals surface area contributed by atoms with Crippen molar-refractivity contribution >= 4 is 5.70 Å². The fourth-order valence-electron chi connectivity index (χ4n) is 2.24. The molecule has 0 amide bonds. The Balaban J connectivity index is 0.00000117. The van der Waals surface area contributed by atoms with Crippen LogP contribution in [0, 0.1) is 17.1 Å². The Morgan fingerprint density at radius 1 is 1.19 bits per heavy atom. The van der Waals surface area contributed by atoms with Crippen LogP contribution in [0.15, 0.2) is 47.5 Å². The molecule has 134 valence electrons. The fourth-order valence-corrected chi connectivity index (χ4v) is 2.24. The number of aromatic nitrogens is 5. The van der Waals surface area contributed by atoms with E-state index in [0.29, 0.717) is 16.8 Å². The van der Waals surface area contributed by atoms with Gasteiger partial charge in [0.15, 0.2) is 5.82 Å². The lowest BCUT2D eigenvalue weighted by Gasteiger charge is -2.10. The number of tetrazole rings is 1. The van der Waals surface area contributed by atoms with Crippen molar-refractivity contribution in [2.45, 2.75) is 33.6 Å². The third-order valence-corrected chi connectivity index (χ3v) is 3.60. The highest BCUT2D eigenvalue weighted by atomic mass is 19.1. The van der Waals surface area contributed by atoms with Crippen LogP contribution < -0.4 is 0 Å². The van der Waals surface area contributed by atoms with Crippen LogP contribution >= 0.6 is 0 Å². The highest BCUT2D eigenvalue weighted by molar-refractivity contribution is 5.58. The molecular weight excluding hydrogens is 338 g/mol. The quantitative estimate of drug-likeness (QED) is 0.804. The SMILES string of the molecule is C/C1=C(\n2nnc(-c3ncccc3F)n2)C/C=C(/C#N)CC=C1F.CC. The van der Waals surface area contributed by atoms with E-state index in [1.165, 1.54) is 24.4 Å². The van der Waals surface area contributed by atoms with Crippen LogP contribution in [0.3, 0.4) is 0 Å². The predicted molar refractivity (Wildman–Crippen MR) is 93.4 cm³/mol. The minimum Gasteiger partial charge on any atom is -0.250 e. The second kappa shape index (κ2) is 8.76. The summed E-state index contributed by atoms with van der Waals surface area (Å²) in [5.74, 6) is -1.02. The molecule has 0 radical (unpaired) electrons. The summed E-state index contributed by atoms with van der Waals surface area (Å²) in [5, 5.41) is 20.8.